The second-order valence-electron chi connectivity index (χ2n) is 17.6. The maximum absolute atomic E-state index is 13.9. The van der Waals surface area contributed by atoms with Crippen LogP contribution >= 0.6 is 0 Å². The molecule has 0 aromatic carbocycles. The Morgan fingerprint density at radius 2 is 1.05 bits per heavy atom. The number of unbranched alkanes of at least 4 members (excludes halogenated alkanes) is 2. The van der Waals surface area contributed by atoms with Gasteiger partial charge in [0, 0.05) is 12.5 Å². The molecule has 4 aliphatic carbocycles. The van der Waals surface area contributed by atoms with E-state index in [0.717, 1.165) is 83.1 Å². The fourth-order valence-electron chi connectivity index (χ4n) is 9.56. The Bertz CT molecular complexity index is 1460. The van der Waals surface area contributed by atoms with Gasteiger partial charge in [-0.1, -0.05) is 0 Å². The molecule has 2 bridgehead atoms. The quantitative estimate of drug-likeness (QED) is 0.0555. The highest BCUT2D eigenvalue weighted by molar-refractivity contribution is 6.02. The van der Waals surface area contributed by atoms with Crippen molar-refractivity contribution in [2.45, 2.75) is 158 Å². The van der Waals surface area contributed by atoms with E-state index in [0.29, 0.717) is 50.1 Å². The fraction of sp³-hybridized carbons (Fsp3) is 0.833. The van der Waals surface area contributed by atoms with Crippen LogP contribution in [0.1, 0.15) is 109 Å². The van der Waals surface area contributed by atoms with Crippen molar-refractivity contribution in [2.75, 3.05) is 33.0 Å². The highest BCUT2D eigenvalue weighted by Gasteiger charge is 2.46. The van der Waals surface area contributed by atoms with Crippen LogP contribution in [0.25, 0.3) is 0 Å². The van der Waals surface area contributed by atoms with Gasteiger partial charge in [-0.15, -0.1) is 0 Å². The molecule has 9 fully saturated rings. The normalized spacial score (nSPS) is 36.5. The van der Waals surface area contributed by atoms with Gasteiger partial charge in [-0.25, -0.2) is 9.59 Å². The van der Waals surface area contributed by atoms with E-state index < -0.39 is 36.2 Å². The Kier molecular flexibility index (Phi) is 12.9. The predicted octanol–water partition coefficient (Wildman–Crippen LogP) is 4.47. The standard InChI is InChI=1S/C42H58O14/c43-38(49-20-24-5-8-32-35(14-24)54-32)4-2-1-3-11-48-39(44)18-30(41(46)51-22-26-7-10-34-37(16-26)56-34)31(42(47)52-23-27-12-28-17-29(13-27)53-28)19-40(45)50-21-25-6-9-33-36(15-25)55-33/h18,24-29,31-37H,1-17,19-23H2/b30-18-/t24?,25?,26-,27?,28?,29?,31?,32?,33?,34?,35?,36?,37?/m1/s1. The van der Waals surface area contributed by atoms with E-state index in [9.17, 15) is 24.0 Å². The van der Waals surface area contributed by atoms with E-state index in [1.165, 1.54) is 0 Å². The average Bonchev–Trinajstić information content (AvgIpc) is 4.09. The molecule has 0 radical (unpaired) electrons. The summed E-state index contributed by atoms with van der Waals surface area (Å²) in [5.41, 5.74) is -0.292. The molecular weight excluding hydrogens is 728 g/mol. The lowest BCUT2D eigenvalue weighted by Crippen LogP contribution is -2.46. The summed E-state index contributed by atoms with van der Waals surface area (Å²) >= 11 is 0. The van der Waals surface area contributed by atoms with Crippen molar-refractivity contribution < 1.29 is 66.6 Å². The molecule has 14 heteroatoms. The van der Waals surface area contributed by atoms with Crippen LogP contribution in [0.15, 0.2) is 11.6 Å². The van der Waals surface area contributed by atoms with E-state index in [-0.39, 0.29) is 92.7 Å². The zero-order valence-electron chi connectivity index (χ0n) is 32.4. The number of epoxide rings is 3. The zero-order valence-corrected chi connectivity index (χ0v) is 32.4. The van der Waals surface area contributed by atoms with Gasteiger partial charge in [0.05, 0.1) is 99.8 Å². The van der Waals surface area contributed by atoms with Crippen LogP contribution in [-0.4, -0.2) is 112 Å². The van der Waals surface area contributed by atoms with Gasteiger partial charge in [0.1, 0.15) is 0 Å². The number of carbonyl (C=O) groups is 5. The minimum absolute atomic E-state index is 0.0398. The van der Waals surface area contributed by atoms with Crippen molar-refractivity contribution in [3.63, 3.8) is 0 Å². The van der Waals surface area contributed by atoms with Crippen molar-refractivity contribution in [1.82, 2.24) is 0 Å². The second-order valence-corrected chi connectivity index (χ2v) is 17.6. The Hall–Kier alpha value is -3.07. The monoisotopic (exact) mass is 786 g/mol. The van der Waals surface area contributed by atoms with Crippen LogP contribution in [0.5, 0.6) is 0 Å². The largest absolute Gasteiger partial charge is 0.465 e. The molecule has 56 heavy (non-hydrogen) atoms. The van der Waals surface area contributed by atoms with Gasteiger partial charge in [0.15, 0.2) is 0 Å². The fourth-order valence-corrected chi connectivity index (χ4v) is 9.56. The minimum Gasteiger partial charge on any atom is -0.465 e. The van der Waals surface area contributed by atoms with Gasteiger partial charge < -0.3 is 42.6 Å². The molecule has 0 aromatic heterocycles. The number of rotatable bonds is 20. The van der Waals surface area contributed by atoms with E-state index >= 15 is 0 Å². The van der Waals surface area contributed by atoms with Gasteiger partial charge in [-0.2, -0.15) is 0 Å². The van der Waals surface area contributed by atoms with Gasteiger partial charge in [0.25, 0.3) is 0 Å². The number of ether oxygens (including phenoxy) is 9. The van der Waals surface area contributed by atoms with Crippen molar-refractivity contribution in [3.8, 4) is 0 Å². The van der Waals surface area contributed by atoms with Crippen LogP contribution < -0.4 is 0 Å². The zero-order chi connectivity index (χ0) is 38.6. The summed E-state index contributed by atoms with van der Waals surface area (Å²) in [4.78, 5) is 66.5. The SMILES string of the molecule is O=C(/C=C(\C(=O)OC[C@@H]1CCC2OC2C1)C(CC(=O)OCC1CCC2OC2C1)C(=O)OCC1CC2CC(C1)O2)OCCCCCC(=O)OCC1CCC2OC2C1. The summed E-state index contributed by atoms with van der Waals surface area (Å²) in [6.45, 7) is 0.865. The molecule has 310 valence electrons. The van der Waals surface area contributed by atoms with E-state index in [2.05, 4.69) is 0 Å². The van der Waals surface area contributed by atoms with Gasteiger partial charge in [0.2, 0.25) is 0 Å². The number of hydrogen-bond donors (Lipinski definition) is 0. The summed E-state index contributed by atoms with van der Waals surface area (Å²) in [6, 6.07) is 0. The number of esters is 5. The van der Waals surface area contributed by atoms with E-state index in [1.807, 2.05) is 0 Å². The van der Waals surface area contributed by atoms with Crippen molar-refractivity contribution in [2.24, 2.45) is 29.6 Å². The van der Waals surface area contributed by atoms with E-state index in [1.54, 1.807) is 0 Å². The van der Waals surface area contributed by atoms with Gasteiger partial charge >= 0.3 is 29.8 Å². The minimum atomic E-state index is -1.43. The average molecular weight is 787 g/mol. The molecule has 11 unspecified atom stereocenters. The molecule has 12 atom stereocenters. The molecule has 0 N–H and O–H groups in total. The van der Waals surface area contributed by atoms with Gasteiger partial charge in [-0.3, -0.25) is 14.4 Å². The number of hydrogen-bond acceptors (Lipinski definition) is 14. The first-order valence-electron chi connectivity index (χ1n) is 21.4. The van der Waals surface area contributed by atoms with Crippen LogP contribution in [0, 0.1) is 29.6 Å². The van der Waals surface area contributed by atoms with Crippen LogP contribution in [0.3, 0.4) is 0 Å². The Balaban J connectivity index is 0.856. The summed E-state index contributed by atoms with van der Waals surface area (Å²) < 4.78 is 50.7. The Morgan fingerprint density at radius 1 is 0.518 bits per heavy atom. The summed E-state index contributed by atoms with van der Waals surface area (Å²) in [5, 5.41) is 0. The maximum atomic E-state index is 13.9. The molecular formula is C42H58O14. The lowest BCUT2D eigenvalue weighted by molar-refractivity contribution is -0.183. The predicted molar refractivity (Wildman–Crippen MR) is 193 cm³/mol. The third-order valence-electron chi connectivity index (χ3n) is 13.1. The highest BCUT2D eigenvalue weighted by Crippen LogP contribution is 2.42. The number of carbonyl (C=O) groups excluding carboxylic acids is 5. The topological polar surface area (TPSA) is 178 Å². The molecule has 5 saturated heterocycles. The van der Waals surface area contributed by atoms with Crippen molar-refractivity contribution in [3.05, 3.63) is 11.6 Å². The highest BCUT2D eigenvalue weighted by atomic mass is 16.6. The third kappa shape index (κ3) is 11.1. The van der Waals surface area contributed by atoms with E-state index in [4.69, 9.17) is 42.6 Å². The molecule has 5 aliphatic heterocycles. The van der Waals surface area contributed by atoms with Crippen LogP contribution in [0.2, 0.25) is 0 Å². The maximum Gasteiger partial charge on any atom is 0.335 e. The number of fused-ring (bicyclic) bond motifs is 5. The molecule has 0 spiro atoms. The first kappa shape index (κ1) is 39.7. The van der Waals surface area contributed by atoms with Crippen LogP contribution in [-0.2, 0) is 66.6 Å². The molecule has 9 aliphatic rings. The molecule has 0 amide bonds. The van der Waals surface area contributed by atoms with Crippen molar-refractivity contribution in [1.29, 1.82) is 0 Å². The summed E-state index contributed by atoms with van der Waals surface area (Å²) in [7, 11) is 0. The second kappa shape index (κ2) is 18.2. The molecule has 4 saturated carbocycles. The molecule has 14 nitrogen and oxygen atoms in total. The molecule has 0 aromatic rings. The smallest absolute Gasteiger partial charge is 0.335 e. The lowest BCUT2D eigenvalue weighted by atomic mass is 9.81. The molecule has 5 heterocycles. The Labute approximate surface area is 328 Å². The Morgan fingerprint density at radius 3 is 1.62 bits per heavy atom. The lowest BCUT2D eigenvalue weighted by Gasteiger charge is -2.45. The third-order valence-corrected chi connectivity index (χ3v) is 13.1. The van der Waals surface area contributed by atoms with Crippen LogP contribution in [0.4, 0.5) is 0 Å². The van der Waals surface area contributed by atoms with Gasteiger partial charge in [-0.05, 0) is 120 Å². The van der Waals surface area contributed by atoms with Crippen molar-refractivity contribution >= 4 is 29.8 Å². The first-order chi connectivity index (χ1) is 27.2. The molecule has 9 rings (SSSR count). The summed E-state index contributed by atoms with van der Waals surface area (Å²) in [6.07, 6.45) is 15.2. The summed E-state index contributed by atoms with van der Waals surface area (Å²) in [5.74, 6) is -4.14. The first-order valence-corrected chi connectivity index (χ1v) is 21.4.